The molecule has 0 radical (unpaired) electrons. The molecule has 0 unspecified atom stereocenters. The number of carbonyl (C=O) groups is 1. The van der Waals surface area contributed by atoms with Crippen LogP contribution in [0.2, 0.25) is 0 Å². The third-order valence-corrected chi connectivity index (χ3v) is 6.23. The zero-order valence-electron chi connectivity index (χ0n) is 14.9. The fourth-order valence-electron chi connectivity index (χ4n) is 3.45. The molecule has 1 N–H and O–H groups in total. The Balaban J connectivity index is 1.73. The first-order valence-corrected chi connectivity index (χ1v) is 9.54. The first-order valence-electron chi connectivity index (χ1n) is 8.66. The van der Waals surface area contributed by atoms with Crippen LogP contribution < -0.4 is 5.32 Å². The molecular formula is C20H26N2OS. The summed E-state index contributed by atoms with van der Waals surface area (Å²) in [7, 11) is 0. The van der Waals surface area contributed by atoms with Crippen LogP contribution in [0.4, 0.5) is 0 Å². The van der Waals surface area contributed by atoms with Crippen molar-refractivity contribution in [1.29, 1.82) is 0 Å². The van der Waals surface area contributed by atoms with Crippen molar-refractivity contribution < 1.29 is 4.79 Å². The van der Waals surface area contributed by atoms with Crippen LogP contribution in [-0.4, -0.2) is 10.9 Å². The summed E-state index contributed by atoms with van der Waals surface area (Å²) in [5.41, 5.74) is 3.57. The molecule has 128 valence electrons. The molecule has 0 bridgehead atoms. The Morgan fingerprint density at radius 2 is 2.04 bits per heavy atom. The van der Waals surface area contributed by atoms with Crippen LogP contribution in [0.1, 0.15) is 66.5 Å². The Hall–Kier alpha value is -1.68. The number of nitrogens with one attached hydrogen (secondary N) is 1. The lowest BCUT2D eigenvalue weighted by atomic mass is 9.72. The van der Waals surface area contributed by atoms with E-state index >= 15 is 0 Å². The molecule has 2 aromatic rings. The molecule has 24 heavy (non-hydrogen) atoms. The third kappa shape index (κ3) is 3.54. The van der Waals surface area contributed by atoms with Crippen molar-refractivity contribution in [3.63, 3.8) is 0 Å². The van der Waals surface area contributed by atoms with E-state index in [-0.39, 0.29) is 11.9 Å². The van der Waals surface area contributed by atoms with Crippen LogP contribution >= 0.6 is 11.3 Å². The standard InChI is InChI=1S/C20H26N2OS/c1-13(14-7-9-21-10-8-14)22-19(23)17-12-24-18-11-15(20(2,3)4)5-6-16(17)18/h7-10,12-13,15H,5-6,11H2,1-4H3,(H,22,23)/t13-,15+/m1/s1. The van der Waals surface area contributed by atoms with Crippen molar-refractivity contribution >= 4 is 17.2 Å². The van der Waals surface area contributed by atoms with Gasteiger partial charge >= 0.3 is 0 Å². The highest BCUT2D eigenvalue weighted by atomic mass is 32.1. The predicted octanol–water partition coefficient (Wildman–Crippen LogP) is 4.79. The van der Waals surface area contributed by atoms with E-state index in [9.17, 15) is 4.79 Å². The summed E-state index contributed by atoms with van der Waals surface area (Å²) in [5.74, 6) is 0.751. The number of amides is 1. The number of nitrogens with zero attached hydrogens (tertiary/aromatic N) is 1. The fraction of sp³-hybridized carbons (Fsp3) is 0.500. The number of rotatable bonds is 3. The molecule has 0 fully saturated rings. The third-order valence-electron chi connectivity index (χ3n) is 5.18. The number of hydrogen-bond acceptors (Lipinski definition) is 3. The molecule has 1 aliphatic carbocycles. The zero-order chi connectivity index (χ0) is 17.3. The van der Waals surface area contributed by atoms with Crippen LogP contribution in [0, 0.1) is 11.3 Å². The summed E-state index contributed by atoms with van der Waals surface area (Å²) in [4.78, 5) is 18.2. The molecule has 2 heterocycles. The number of hydrogen-bond donors (Lipinski definition) is 1. The van der Waals surface area contributed by atoms with Gasteiger partial charge in [-0.15, -0.1) is 11.3 Å². The first kappa shape index (κ1) is 17.2. The van der Waals surface area contributed by atoms with Crippen molar-refractivity contribution in [3.05, 3.63) is 51.5 Å². The minimum Gasteiger partial charge on any atom is -0.345 e. The molecule has 1 aliphatic rings. The summed E-state index contributed by atoms with van der Waals surface area (Å²) in [6.07, 6.45) is 6.82. The van der Waals surface area contributed by atoms with Gasteiger partial charge in [0.2, 0.25) is 0 Å². The van der Waals surface area contributed by atoms with Crippen molar-refractivity contribution in [2.45, 2.75) is 53.0 Å². The SMILES string of the molecule is C[C@@H](NC(=O)c1csc2c1CC[C@H](C(C)(C)C)C2)c1ccncc1. The summed E-state index contributed by atoms with van der Waals surface area (Å²) in [5, 5.41) is 5.18. The average molecular weight is 343 g/mol. The monoisotopic (exact) mass is 342 g/mol. The highest BCUT2D eigenvalue weighted by molar-refractivity contribution is 7.10. The van der Waals surface area contributed by atoms with E-state index < -0.39 is 0 Å². The van der Waals surface area contributed by atoms with Crippen molar-refractivity contribution in [3.8, 4) is 0 Å². The lowest BCUT2D eigenvalue weighted by molar-refractivity contribution is 0.0938. The van der Waals surface area contributed by atoms with E-state index in [1.807, 2.05) is 24.4 Å². The predicted molar refractivity (Wildman–Crippen MR) is 99.4 cm³/mol. The van der Waals surface area contributed by atoms with E-state index in [0.717, 1.165) is 24.0 Å². The highest BCUT2D eigenvalue weighted by Crippen LogP contribution is 2.40. The summed E-state index contributed by atoms with van der Waals surface area (Å²) in [6.45, 7) is 8.97. The molecular weight excluding hydrogens is 316 g/mol. The molecule has 0 spiro atoms. The molecule has 2 aromatic heterocycles. The van der Waals surface area contributed by atoms with E-state index in [4.69, 9.17) is 0 Å². The molecule has 2 atom stereocenters. The van der Waals surface area contributed by atoms with Crippen LogP contribution in [0.15, 0.2) is 29.9 Å². The van der Waals surface area contributed by atoms with Gasteiger partial charge in [0.05, 0.1) is 11.6 Å². The van der Waals surface area contributed by atoms with E-state index in [0.29, 0.717) is 11.3 Å². The second-order valence-electron chi connectivity index (χ2n) is 7.83. The number of pyridine rings is 1. The molecule has 3 rings (SSSR count). The van der Waals surface area contributed by atoms with Crippen molar-refractivity contribution in [2.75, 3.05) is 0 Å². The summed E-state index contributed by atoms with van der Waals surface area (Å²) < 4.78 is 0. The van der Waals surface area contributed by atoms with Gasteiger partial charge in [-0.05, 0) is 60.8 Å². The maximum atomic E-state index is 12.7. The average Bonchev–Trinajstić information content (AvgIpc) is 2.98. The van der Waals surface area contributed by atoms with Gasteiger partial charge in [0.25, 0.3) is 5.91 Å². The lowest BCUT2D eigenvalue weighted by Gasteiger charge is -2.34. The summed E-state index contributed by atoms with van der Waals surface area (Å²) in [6, 6.07) is 3.88. The maximum absolute atomic E-state index is 12.7. The number of thiophene rings is 1. The molecule has 0 saturated heterocycles. The van der Waals surface area contributed by atoms with Crippen LogP contribution in [0.3, 0.4) is 0 Å². The van der Waals surface area contributed by atoms with Crippen molar-refractivity contribution in [1.82, 2.24) is 10.3 Å². The number of carbonyl (C=O) groups excluding carboxylic acids is 1. The topological polar surface area (TPSA) is 42.0 Å². The zero-order valence-corrected chi connectivity index (χ0v) is 15.7. The van der Waals surface area contributed by atoms with Gasteiger partial charge in [0.1, 0.15) is 0 Å². The molecule has 3 nitrogen and oxygen atoms in total. The van der Waals surface area contributed by atoms with Gasteiger partial charge in [-0.2, -0.15) is 0 Å². The molecule has 0 aliphatic heterocycles. The molecule has 0 saturated carbocycles. The smallest absolute Gasteiger partial charge is 0.252 e. The first-order chi connectivity index (χ1) is 11.4. The number of aromatic nitrogens is 1. The number of fused-ring (bicyclic) bond motifs is 1. The normalized spacial score (nSPS) is 18.8. The summed E-state index contributed by atoms with van der Waals surface area (Å²) >= 11 is 1.75. The molecule has 4 heteroatoms. The maximum Gasteiger partial charge on any atom is 0.252 e. The van der Waals surface area contributed by atoms with Gasteiger partial charge in [0, 0.05) is 22.7 Å². The Morgan fingerprint density at radius 1 is 1.33 bits per heavy atom. The van der Waals surface area contributed by atoms with E-state index in [2.05, 4.69) is 31.1 Å². The van der Waals surface area contributed by atoms with Crippen LogP contribution in [-0.2, 0) is 12.8 Å². The minimum atomic E-state index is -0.0121. The van der Waals surface area contributed by atoms with Gasteiger partial charge in [0.15, 0.2) is 0 Å². The van der Waals surface area contributed by atoms with Gasteiger partial charge in [-0.1, -0.05) is 20.8 Å². The molecule has 0 aromatic carbocycles. The van der Waals surface area contributed by atoms with Crippen LogP contribution in [0.25, 0.3) is 0 Å². The van der Waals surface area contributed by atoms with Crippen molar-refractivity contribution in [2.24, 2.45) is 11.3 Å². The van der Waals surface area contributed by atoms with Crippen LogP contribution in [0.5, 0.6) is 0 Å². The fourth-order valence-corrected chi connectivity index (χ4v) is 4.61. The Labute approximate surface area is 148 Å². The van der Waals surface area contributed by atoms with Gasteiger partial charge in [-0.25, -0.2) is 0 Å². The highest BCUT2D eigenvalue weighted by Gasteiger charge is 2.31. The van der Waals surface area contributed by atoms with Gasteiger partial charge < -0.3 is 5.32 Å². The van der Waals surface area contributed by atoms with E-state index in [1.165, 1.54) is 16.9 Å². The second kappa shape index (κ2) is 6.67. The van der Waals surface area contributed by atoms with Gasteiger partial charge in [-0.3, -0.25) is 9.78 Å². The molecule has 1 amide bonds. The Morgan fingerprint density at radius 3 is 2.71 bits per heavy atom. The Kier molecular flexibility index (Phi) is 4.77. The lowest BCUT2D eigenvalue weighted by Crippen LogP contribution is -2.29. The quantitative estimate of drug-likeness (QED) is 0.872. The Bertz CT molecular complexity index is 715. The second-order valence-corrected chi connectivity index (χ2v) is 8.80. The minimum absolute atomic E-state index is 0.0121. The largest absolute Gasteiger partial charge is 0.345 e. The van der Waals surface area contributed by atoms with E-state index in [1.54, 1.807) is 23.7 Å².